The molecule has 2 rings (SSSR count). The van der Waals surface area contributed by atoms with Gasteiger partial charge in [-0.2, -0.15) is 0 Å². The molecule has 0 atom stereocenters. The van der Waals surface area contributed by atoms with Gasteiger partial charge in [0.15, 0.2) is 5.56 Å². The van der Waals surface area contributed by atoms with E-state index in [0.29, 0.717) is 6.61 Å². The molecular formula is C14H13FN2O4. The van der Waals surface area contributed by atoms with Crippen LogP contribution in [0.4, 0.5) is 4.39 Å². The van der Waals surface area contributed by atoms with Gasteiger partial charge in [-0.1, -0.05) is 0 Å². The number of carbonyl (C=O) groups is 1. The van der Waals surface area contributed by atoms with Crippen LogP contribution in [0.5, 0.6) is 5.75 Å². The van der Waals surface area contributed by atoms with Crippen molar-refractivity contribution in [1.82, 2.24) is 9.55 Å². The zero-order chi connectivity index (χ0) is 15.4. The van der Waals surface area contributed by atoms with Gasteiger partial charge in [-0.05, 0) is 25.1 Å². The van der Waals surface area contributed by atoms with Gasteiger partial charge in [0.25, 0.3) is 5.56 Å². The first-order chi connectivity index (χ1) is 10.1. The minimum Gasteiger partial charge on any atom is -0.493 e. The van der Waals surface area contributed by atoms with E-state index in [1.54, 1.807) is 6.92 Å². The van der Waals surface area contributed by atoms with Crippen LogP contribution in [0.15, 0.2) is 35.4 Å². The predicted molar refractivity (Wildman–Crippen MR) is 72.3 cm³/mol. The lowest BCUT2D eigenvalue weighted by Gasteiger charge is -2.11. The minimum atomic E-state index is -0.806. The maximum atomic E-state index is 12.9. The van der Waals surface area contributed by atoms with Gasteiger partial charge in [0, 0.05) is 6.20 Å². The molecule has 0 aliphatic heterocycles. The monoisotopic (exact) mass is 292 g/mol. The van der Waals surface area contributed by atoms with Crippen molar-refractivity contribution in [3.05, 3.63) is 52.3 Å². The Hall–Kier alpha value is -2.70. The predicted octanol–water partition coefficient (Wildman–Crippen LogP) is 1.56. The van der Waals surface area contributed by atoms with Gasteiger partial charge in [0.05, 0.1) is 19.9 Å². The quantitative estimate of drug-likeness (QED) is 0.800. The van der Waals surface area contributed by atoms with E-state index >= 15 is 0 Å². The summed E-state index contributed by atoms with van der Waals surface area (Å²) in [5.74, 6) is -1.01. The molecule has 7 heteroatoms. The normalized spacial score (nSPS) is 10.2. The van der Waals surface area contributed by atoms with E-state index in [2.05, 4.69) is 9.72 Å². The first-order valence-corrected chi connectivity index (χ1v) is 6.17. The average molecular weight is 292 g/mol. The molecule has 0 unspecified atom stereocenters. The standard InChI is InChI=1S/C14H13FN2O4/c1-3-21-10-6-7-17(11-5-4-9(15)8-16-11)13(18)12(10)14(19)20-2/h4-8H,3H2,1-2H3. The summed E-state index contributed by atoms with van der Waals surface area (Å²) in [5.41, 5.74) is -0.875. The SMILES string of the molecule is CCOc1ccn(-c2ccc(F)cn2)c(=O)c1C(=O)OC. The number of esters is 1. The lowest BCUT2D eigenvalue weighted by Crippen LogP contribution is -2.27. The molecule has 0 spiro atoms. The van der Waals surface area contributed by atoms with Crippen molar-refractivity contribution in [3.63, 3.8) is 0 Å². The lowest BCUT2D eigenvalue weighted by atomic mass is 10.2. The summed E-state index contributed by atoms with van der Waals surface area (Å²) < 4.78 is 23.9. The van der Waals surface area contributed by atoms with Gasteiger partial charge >= 0.3 is 5.97 Å². The second kappa shape index (κ2) is 6.17. The van der Waals surface area contributed by atoms with Crippen LogP contribution in [0.2, 0.25) is 0 Å². The zero-order valence-corrected chi connectivity index (χ0v) is 11.5. The molecule has 2 aromatic rings. The van der Waals surface area contributed by atoms with Crippen LogP contribution < -0.4 is 10.3 Å². The smallest absolute Gasteiger partial charge is 0.347 e. The summed E-state index contributed by atoms with van der Waals surface area (Å²) in [4.78, 5) is 28.0. The Morgan fingerprint density at radius 3 is 2.71 bits per heavy atom. The number of ether oxygens (including phenoxy) is 2. The number of methoxy groups -OCH3 is 1. The van der Waals surface area contributed by atoms with Crippen LogP contribution >= 0.6 is 0 Å². The van der Waals surface area contributed by atoms with E-state index in [9.17, 15) is 14.0 Å². The number of nitrogens with zero attached hydrogens (tertiary/aromatic N) is 2. The highest BCUT2D eigenvalue weighted by atomic mass is 19.1. The Bertz CT molecular complexity index is 710. The molecule has 21 heavy (non-hydrogen) atoms. The van der Waals surface area contributed by atoms with E-state index in [1.807, 2.05) is 0 Å². The highest BCUT2D eigenvalue weighted by Gasteiger charge is 2.20. The van der Waals surface area contributed by atoms with Gasteiger partial charge in [-0.3, -0.25) is 9.36 Å². The van der Waals surface area contributed by atoms with Crippen LogP contribution in [0.3, 0.4) is 0 Å². The number of hydrogen-bond donors (Lipinski definition) is 0. The zero-order valence-electron chi connectivity index (χ0n) is 11.5. The van der Waals surface area contributed by atoms with Crippen LogP contribution in [-0.4, -0.2) is 29.2 Å². The molecular weight excluding hydrogens is 279 g/mol. The number of rotatable bonds is 4. The van der Waals surface area contributed by atoms with E-state index in [1.165, 1.54) is 31.5 Å². The molecule has 0 bridgehead atoms. The third-order valence-corrected chi connectivity index (χ3v) is 2.70. The fourth-order valence-corrected chi connectivity index (χ4v) is 1.78. The van der Waals surface area contributed by atoms with Crippen LogP contribution in [0.1, 0.15) is 17.3 Å². The van der Waals surface area contributed by atoms with E-state index in [4.69, 9.17) is 4.74 Å². The molecule has 0 aliphatic carbocycles. The van der Waals surface area contributed by atoms with Gasteiger partial charge in [-0.15, -0.1) is 0 Å². The van der Waals surface area contributed by atoms with E-state index in [0.717, 1.165) is 10.8 Å². The maximum Gasteiger partial charge on any atom is 0.347 e. The van der Waals surface area contributed by atoms with Crippen molar-refractivity contribution in [2.45, 2.75) is 6.92 Å². The Morgan fingerprint density at radius 1 is 1.38 bits per heavy atom. The van der Waals surface area contributed by atoms with Crippen molar-refractivity contribution in [2.24, 2.45) is 0 Å². The summed E-state index contributed by atoms with van der Waals surface area (Å²) in [7, 11) is 1.17. The highest BCUT2D eigenvalue weighted by Crippen LogP contribution is 2.16. The number of halogens is 1. The third-order valence-electron chi connectivity index (χ3n) is 2.70. The number of aromatic nitrogens is 2. The number of carbonyl (C=O) groups excluding carboxylic acids is 1. The minimum absolute atomic E-state index is 0.132. The van der Waals surface area contributed by atoms with Crippen molar-refractivity contribution in [2.75, 3.05) is 13.7 Å². The molecule has 0 fully saturated rings. The van der Waals surface area contributed by atoms with Crippen molar-refractivity contribution >= 4 is 5.97 Å². The first kappa shape index (κ1) is 14.7. The second-order valence-corrected chi connectivity index (χ2v) is 3.99. The van der Waals surface area contributed by atoms with Gasteiger partial charge in [-0.25, -0.2) is 14.2 Å². The van der Waals surface area contributed by atoms with Crippen LogP contribution in [-0.2, 0) is 4.74 Å². The Balaban J connectivity index is 2.62. The Labute approximate surface area is 119 Å². The molecule has 0 saturated carbocycles. The Kier molecular flexibility index (Phi) is 4.32. The molecule has 2 aromatic heterocycles. The molecule has 6 nitrogen and oxygen atoms in total. The molecule has 0 amide bonds. The van der Waals surface area contributed by atoms with Gasteiger partial charge < -0.3 is 9.47 Å². The molecule has 0 saturated heterocycles. The van der Waals surface area contributed by atoms with Crippen LogP contribution in [0.25, 0.3) is 5.82 Å². The number of hydrogen-bond acceptors (Lipinski definition) is 5. The van der Waals surface area contributed by atoms with Gasteiger partial charge in [0.2, 0.25) is 0 Å². The lowest BCUT2D eigenvalue weighted by molar-refractivity contribution is 0.0593. The third kappa shape index (κ3) is 2.91. The second-order valence-electron chi connectivity index (χ2n) is 3.99. The molecule has 0 radical (unpaired) electrons. The van der Waals surface area contributed by atoms with Crippen LogP contribution in [0, 0.1) is 5.82 Å². The van der Waals surface area contributed by atoms with E-state index < -0.39 is 17.3 Å². The fraction of sp³-hybridized carbons (Fsp3) is 0.214. The topological polar surface area (TPSA) is 70.4 Å². The van der Waals surface area contributed by atoms with Crippen molar-refractivity contribution in [3.8, 4) is 11.6 Å². The largest absolute Gasteiger partial charge is 0.493 e. The molecule has 110 valence electrons. The molecule has 0 N–H and O–H groups in total. The molecule has 0 aliphatic rings. The van der Waals surface area contributed by atoms with Crippen molar-refractivity contribution in [1.29, 1.82) is 0 Å². The molecule has 0 aromatic carbocycles. The van der Waals surface area contributed by atoms with Crippen molar-refractivity contribution < 1.29 is 18.7 Å². The average Bonchev–Trinajstić information content (AvgIpc) is 2.48. The highest BCUT2D eigenvalue weighted by molar-refractivity contribution is 5.92. The summed E-state index contributed by atoms with van der Waals surface area (Å²) in [6.45, 7) is 2.02. The first-order valence-electron chi connectivity index (χ1n) is 6.17. The fourth-order valence-electron chi connectivity index (χ4n) is 1.78. The Morgan fingerprint density at radius 2 is 2.14 bits per heavy atom. The number of pyridine rings is 2. The summed E-state index contributed by atoms with van der Waals surface area (Å²) >= 11 is 0. The summed E-state index contributed by atoms with van der Waals surface area (Å²) in [5, 5.41) is 0. The van der Waals surface area contributed by atoms with E-state index in [-0.39, 0.29) is 17.1 Å². The van der Waals surface area contributed by atoms with Gasteiger partial charge in [0.1, 0.15) is 17.4 Å². The summed E-state index contributed by atoms with van der Waals surface area (Å²) in [6.07, 6.45) is 2.38. The molecule has 2 heterocycles. The summed E-state index contributed by atoms with van der Waals surface area (Å²) in [6, 6.07) is 3.96. The maximum absolute atomic E-state index is 12.9.